The highest BCUT2D eigenvalue weighted by molar-refractivity contribution is 14.1. The highest BCUT2D eigenvalue weighted by Gasteiger charge is 2.06. The first-order valence-electron chi connectivity index (χ1n) is 6.45. The molecule has 0 unspecified atom stereocenters. The summed E-state index contributed by atoms with van der Waals surface area (Å²) in [6.45, 7) is 3.05. The monoisotopic (exact) mass is 455 g/mol. The highest BCUT2D eigenvalue weighted by Crippen LogP contribution is 2.25. The first-order chi connectivity index (χ1) is 10.1. The molecule has 21 heavy (non-hydrogen) atoms. The van der Waals surface area contributed by atoms with Gasteiger partial charge in [-0.1, -0.05) is 21.9 Å². The third-order valence-electron chi connectivity index (χ3n) is 2.99. The van der Waals surface area contributed by atoms with E-state index in [1.54, 1.807) is 0 Å². The molecule has 0 bridgehead atoms. The molecule has 0 aliphatic carbocycles. The number of benzene rings is 2. The van der Waals surface area contributed by atoms with Gasteiger partial charge in [-0.3, -0.25) is 0 Å². The van der Waals surface area contributed by atoms with Crippen LogP contribution in [0.5, 0.6) is 5.75 Å². The summed E-state index contributed by atoms with van der Waals surface area (Å²) < 4.78 is 7.83. The number of halogens is 2. The molecule has 0 saturated carbocycles. The Bertz CT molecular complexity index is 679. The molecular weight excluding hydrogens is 441 g/mol. The van der Waals surface area contributed by atoms with Crippen molar-refractivity contribution in [3.05, 3.63) is 55.6 Å². The van der Waals surface area contributed by atoms with Crippen LogP contribution in [0.25, 0.3) is 0 Å². The van der Waals surface area contributed by atoms with E-state index in [4.69, 9.17) is 11.2 Å². The molecule has 4 heteroatoms. The first kappa shape index (κ1) is 16.2. The summed E-state index contributed by atoms with van der Waals surface area (Å²) in [6.07, 6.45) is 5.25. The Morgan fingerprint density at radius 2 is 2.10 bits per heavy atom. The van der Waals surface area contributed by atoms with Crippen LogP contribution in [0.3, 0.4) is 0 Å². The van der Waals surface area contributed by atoms with Crippen LogP contribution in [0.1, 0.15) is 11.1 Å². The molecule has 108 valence electrons. The van der Waals surface area contributed by atoms with Crippen LogP contribution in [-0.4, -0.2) is 6.61 Å². The van der Waals surface area contributed by atoms with Gasteiger partial charge in [0.15, 0.2) is 0 Å². The molecule has 0 fully saturated rings. The van der Waals surface area contributed by atoms with E-state index in [1.165, 1.54) is 9.13 Å². The maximum absolute atomic E-state index is 5.58. The maximum atomic E-state index is 5.58. The second-order valence-electron chi connectivity index (χ2n) is 4.56. The molecule has 1 N–H and O–H groups in total. The zero-order chi connectivity index (χ0) is 15.2. The minimum absolute atomic E-state index is 0.275. The third kappa shape index (κ3) is 4.65. The zero-order valence-corrected chi connectivity index (χ0v) is 15.4. The Balaban J connectivity index is 2.15. The van der Waals surface area contributed by atoms with Crippen molar-refractivity contribution in [2.24, 2.45) is 0 Å². The van der Waals surface area contributed by atoms with Crippen LogP contribution >= 0.6 is 38.5 Å². The number of hydrogen-bond acceptors (Lipinski definition) is 2. The molecule has 0 atom stereocenters. The maximum Gasteiger partial charge on any atom is 0.148 e. The number of nitrogens with one attached hydrogen (secondary N) is 1. The van der Waals surface area contributed by atoms with Gasteiger partial charge in [0.25, 0.3) is 0 Å². The smallest absolute Gasteiger partial charge is 0.148 e. The van der Waals surface area contributed by atoms with Gasteiger partial charge in [-0.25, -0.2) is 0 Å². The number of hydrogen-bond donors (Lipinski definition) is 1. The molecule has 2 nitrogen and oxygen atoms in total. The Morgan fingerprint density at radius 1 is 1.29 bits per heavy atom. The fraction of sp³-hybridized carbons (Fsp3) is 0.176. The molecular formula is C17H15BrINO. The predicted molar refractivity (Wildman–Crippen MR) is 99.7 cm³/mol. The van der Waals surface area contributed by atoms with Gasteiger partial charge >= 0.3 is 0 Å². The van der Waals surface area contributed by atoms with E-state index in [-0.39, 0.29) is 6.61 Å². The summed E-state index contributed by atoms with van der Waals surface area (Å²) in [6, 6.07) is 12.3. The third-order valence-corrected chi connectivity index (χ3v) is 4.16. The Morgan fingerprint density at radius 3 is 2.81 bits per heavy atom. The van der Waals surface area contributed by atoms with Crippen molar-refractivity contribution in [3.8, 4) is 18.1 Å². The van der Waals surface area contributed by atoms with Crippen molar-refractivity contribution in [1.29, 1.82) is 0 Å². The molecule has 0 amide bonds. The van der Waals surface area contributed by atoms with E-state index in [0.717, 1.165) is 21.5 Å². The number of anilines is 1. The van der Waals surface area contributed by atoms with Gasteiger partial charge in [0.1, 0.15) is 12.4 Å². The van der Waals surface area contributed by atoms with Crippen LogP contribution in [0.4, 0.5) is 5.69 Å². The van der Waals surface area contributed by atoms with E-state index in [2.05, 4.69) is 74.9 Å². The topological polar surface area (TPSA) is 21.3 Å². The van der Waals surface area contributed by atoms with E-state index >= 15 is 0 Å². The Kier molecular flexibility index (Phi) is 5.95. The second kappa shape index (κ2) is 7.71. The minimum atomic E-state index is 0.275. The van der Waals surface area contributed by atoms with Crippen LogP contribution in [-0.2, 0) is 6.54 Å². The zero-order valence-electron chi connectivity index (χ0n) is 11.6. The van der Waals surface area contributed by atoms with Crippen molar-refractivity contribution in [2.45, 2.75) is 13.5 Å². The van der Waals surface area contributed by atoms with E-state index in [9.17, 15) is 0 Å². The lowest BCUT2D eigenvalue weighted by molar-refractivity contribution is 0.366. The highest BCUT2D eigenvalue weighted by atomic mass is 127. The van der Waals surface area contributed by atoms with Gasteiger partial charge in [0.2, 0.25) is 0 Å². The van der Waals surface area contributed by atoms with Crippen molar-refractivity contribution in [1.82, 2.24) is 0 Å². The average Bonchev–Trinajstić information content (AvgIpc) is 2.45. The minimum Gasteiger partial charge on any atom is -0.481 e. The number of rotatable bonds is 5. The lowest BCUT2D eigenvalue weighted by atomic mass is 10.1. The quantitative estimate of drug-likeness (QED) is 0.506. The average molecular weight is 456 g/mol. The second-order valence-corrected chi connectivity index (χ2v) is 6.72. The molecule has 0 heterocycles. The van der Waals surface area contributed by atoms with Crippen LogP contribution in [0, 0.1) is 22.8 Å². The van der Waals surface area contributed by atoms with Gasteiger partial charge in [0, 0.05) is 25.8 Å². The molecule has 0 radical (unpaired) electrons. The molecule has 0 saturated heterocycles. The van der Waals surface area contributed by atoms with Gasteiger partial charge in [-0.05, 0) is 71.5 Å². The SMILES string of the molecule is C#CCOc1ccc(Br)cc1CNc1ccc(I)cc1C. The summed E-state index contributed by atoms with van der Waals surface area (Å²) in [7, 11) is 0. The van der Waals surface area contributed by atoms with Crippen LogP contribution in [0.2, 0.25) is 0 Å². The van der Waals surface area contributed by atoms with E-state index in [0.29, 0.717) is 6.54 Å². The fourth-order valence-electron chi connectivity index (χ4n) is 1.96. The van der Waals surface area contributed by atoms with Gasteiger partial charge in [0.05, 0.1) is 0 Å². The number of ether oxygens (including phenoxy) is 1. The van der Waals surface area contributed by atoms with Crippen molar-refractivity contribution in [3.63, 3.8) is 0 Å². The molecule has 0 aromatic heterocycles. The molecule has 2 aromatic rings. The van der Waals surface area contributed by atoms with E-state index < -0.39 is 0 Å². The van der Waals surface area contributed by atoms with Crippen molar-refractivity contribution >= 4 is 44.2 Å². The summed E-state index contributed by atoms with van der Waals surface area (Å²) in [5.41, 5.74) is 3.42. The largest absolute Gasteiger partial charge is 0.481 e. The summed E-state index contributed by atoms with van der Waals surface area (Å²) in [4.78, 5) is 0. The Hall–Kier alpha value is -1.19. The van der Waals surface area contributed by atoms with Crippen LogP contribution < -0.4 is 10.1 Å². The standard InChI is InChI=1S/C17H15BrINO/c1-3-8-21-17-7-4-14(18)10-13(17)11-20-16-6-5-15(19)9-12(16)2/h1,4-7,9-10,20H,8,11H2,2H3. The lowest BCUT2D eigenvalue weighted by Crippen LogP contribution is -2.05. The summed E-state index contributed by atoms with van der Waals surface area (Å²) in [5.74, 6) is 3.30. The summed E-state index contributed by atoms with van der Waals surface area (Å²) >= 11 is 5.80. The van der Waals surface area contributed by atoms with Crippen LogP contribution in [0.15, 0.2) is 40.9 Å². The molecule has 0 aliphatic heterocycles. The van der Waals surface area contributed by atoms with Gasteiger partial charge in [-0.2, -0.15) is 0 Å². The van der Waals surface area contributed by atoms with Gasteiger partial charge < -0.3 is 10.1 Å². The number of aryl methyl sites for hydroxylation is 1. The van der Waals surface area contributed by atoms with Gasteiger partial charge in [-0.15, -0.1) is 6.42 Å². The molecule has 0 aliphatic rings. The van der Waals surface area contributed by atoms with E-state index in [1.807, 2.05) is 18.2 Å². The first-order valence-corrected chi connectivity index (χ1v) is 8.32. The summed E-state index contributed by atoms with van der Waals surface area (Å²) in [5, 5.41) is 3.44. The van der Waals surface area contributed by atoms with Crippen molar-refractivity contribution < 1.29 is 4.74 Å². The molecule has 2 rings (SSSR count). The number of terminal acetylenes is 1. The Labute approximate surface area is 147 Å². The normalized spacial score (nSPS) is 10.0. The van der Waals surface area contributed by atoms with Crippen molar-refractivity contribution in [2.75, 3.05) is 11.9 Å². The fourth-order valence-corrected chi connectivity index (χ4v) is 3.02. The predicted octanol–water partition coefficient (Wildman–Crippen LogP) is 4.99. The lowest BCUT2D eigenvalue weighted by Gasteiger charge is -2.13. The molecule has 2 aromatic carbocycles. The molecule has 0 spiro atoms.